The highest BCUT2D eigenvalue weighted by Crippen LogP contribution is 2.42. The highest BCUT2D eigenvalue weighted by molar-refractivity contribution is 7.69. The van der Waals surface area contributed by atoms with E-state index in [0.717, 1.165) is 5.82 Å². The van der Waals surface area contributed by atoms with Crippen molar-refractivity contribution in [2.45, 2.75) is 12.8 Å². The Morgan fingerprint density at radius 2 is 1.68 bits per heavy atom. The zero-order chi connectivity index (χ0) is 14.5. The Balaban J connectivity index is 3.04. The highest BCUT2D eigenvalue weighted by Gasteiger charge is 2.21. The summed E-state index contributed by atoms with van der Waals surface area (Å²) >= 11 is 0. The smallest absolute Gasteiger partial charge is 0.331 e. The van der Waals surface area contributed by atoms with Gasteiger partial charge in [0, 0.05) is 23.1 Å². The van der Waals surface area contributed by atoms with Gasteiger partial charge < -0.3 is 15.1 Å². The lowest BCUT2D eigenvalue weighted by Crippen LogP contribution is -2.07. The van der Waals surface area contributed by atoms with E-state index in [1.165, 1.54) is 12.1 Å². The second-order valence-corrected chi connectivity index (χ2v) is 5.83. The maximum atomic E-state index is 12.0. The van der Waals surface area contributed by atoms with Crippen LogP contribution in [0, 0.1) is 0 Å². The van der Waals surface area contributed by atoms with Gasteiger partial charge in [0.1, 0.15) is 0 Å². The van der Waals surface area contributed by atoms with E-state index in [1.54, 1.807) is 18.2 Å². The summed E-state index contributed by atoms with van der Waals surface area (Å²) in [6, 6.07) is 7.60. The van der Waals surface area contributed by atoms with Gasteiger partial charge in [0.15, 0.2) is 0 Å². The first-order valence-electron chi connectivity index (χ1n) is 5.38. The molecule has 1 aromatic rings. The zero-order valence-corrected chi connectivity index (χ0v) is 10.8. The van der Waals surface area contributed by atoms with Gasteiger partial charge in [-0.3, -0.25) is 9.36 Å². The van der Waals surface area contributed by atoms with Crippen molar-refractivity contribution in [3.05, 3.63) is 41.7 Å². The number of aliphatic carboxylic acids is 2. The molecule has 7 heteroatoms. The highest BCUT2D eigenvalue weighted by atomic mass is 31.2. The molecule has 102 valence electrons. The SMILES string of the molecule is O=C(O)CCC(=CP(=O)(O)c1ccccc1)C(=O)O. The van der Waals surface area contributed by atoms with E-state index in [0.29, 0.717) is 0 Å². The van der Waals surface area contributed by atoms with Crippen LogP contribution in [0.4, 0.5) is 0 Å². The van der Waals surface area contributed by atoms with Crippen molar-refractivity contribution in [1.82, 2.24) is 0 Å². The molecule has 19 heavy (non-hydrogen) atoms. The molecule has 0 spiro atoms. The van der Waals surface area contributed by atoms with Crippen LogP contribution in [0.3, 0.4) is 0 Å². The predicted molar refractivity (Wildman–Crippen MR) is 68.5 cm³/mol. The Bertz CT molecular complexity index is 549. The van der Waals surface area contributed by atoms with Crippen LogP contribution in [0.5, 0.6) is 0 Å². The van der Waals surface area contributed by atoms with Crippen LogP contribution in [0.2, 0.25) is 0 Å². The Hall–Kier alpha value is -1.91. The van der Waals surface area contributed by atoms with Crippen LogP contribution < -0.4 is 5.30 Å². The van der Waals surface area contributed by atoms with E-state index < -0.39 is 25.7 Å². The van der Waals surface area contributed by atoms with E-state index >= 15 is 0 Å². The first-order chi connectivity index (χ1) is 8.83. The third kappa shape index (κ3) is 4.69. The maximum Gasteiger partial charge on any atom is 0.331 e. The normalized spacial score (nSPS) is 14.7. The summed E-state index contributed by atoms with van der Waals surface area (Å²) in [5, 5.41) is 17.5. The van der Waals surface area contributed by atoms with E-state index in [-0.39, 0.29) is 17.3 Å². The number of carboxylic acids is 2. The molecule has 6 nitrogen and oxygen atoms in total. The average molecular weight is 284 g/mol. The van der Waals surface area contributed by atoms with Crippen molar-refractivity contribution in [3.8, 4) is 0 Å². The third-order valence-electron chi connectivity index (χ3n) is 2.34. The van der Waals surface area contributed by atoms with Gasteiger partial charge >= 0.3 is 11.9 Å². The number of hydrogen-bond donors (Lipinski definition) is 3. The molecule has 3 N–H and O–H groups in total. The van der Waals surface area contributed by atoms with Gasteiger partial charge in [0.05, 0.1) is 0 Å². The molecule has 0 aromatic heterocycles. The van der Waals surface area contributed by atoms with Crippen molar-refractivity contribution < 1.29 is 29.3 Å². The van der Waals surface area contributed by atoms with Crippen LogP contribution >= 0.6 is 7.37 Å². The van der Waals surface area contributed by atoms with Crippen LogP contribution in [-0.2, 0) is 14.2 Å². The predicted octanol–water partition coefficient (Wildman–Crippen LogP) is 1.42. The second kappa shape index (κ2) is 6.31. The molecule has 1 rings (SSSR count). The summed E-state index contributed by atoms with van der Waals surface area (Å²) in [5.74, 6) is -1.82. The lowest BCUT2D eigenvalue weighted by Gasteiger charge is -2.08. The van der Waals surface area contributed by atoms with Gasteiger partial charge in [-0.15, -0.1) is 0 Å². The number of carboxylic acid groups (broad SMARTS) is 2. The Labute approximate surface area is 109 Å². The molecule has 0 fully saturated rings. The lowest BCUT2D eigenvalue weighted by atomic mass is 10.2. The van der Waals surface area contributed by atoms with Gasteiger partial charge in [-0.2, -0.15) is 0 Å². The minimum absolute atomic E-state index is 0.101. The number of rotatable bonds is 6. The number of carbonyl (C=O) groups is 2. The van der Waals surface area contributed by atoms with Crippen LogP contribution in [0.15, 0.2) is 41.7 Å². The maximum absolute atomic E-state index is 12.0. The van der Waals surface area contributed by atoms with Crippen molar-refractivity contribution in [2.24, 2.45) is 0 Å². The lowest BCUT2D eigenvalue weighted by molar-refractivity contribution is -0.137. The summed E-state index contributed by atoms with van der Waals surface area (Å²) in [4.78, 5) is 31.2. The summed E-state index contributed by atoms with van der Waals surface area (Å²) < 4.78 is 12.0. The zero-order valence-electron chi connectivity index (χ0n) is 9.89. The number of benzene rings is 1. The molecular formula is C12H13O6P. The Morgan fingerprint density at radius 1 is 1.11 bits per heavy atom. The fourth-order valence-electron chi connectivity index (χ4n) is 1.40. The molecule has 1 unspecified atom stereocenters. The second-order valence-electron chi connectivity index (χ2n) is 3.81. The quantitative estimate of drug-likeness (QED) is 0.538. The first-order valence-corrected chi connectivity index (χ1v) is 7.11. The summed E-state index contributed by atoms with van der Waals surface area (Å²) in [6.45, 7) is 0. The molecular weight excluding hydrogens is 271 g/mol. The summed E-state index contributed by atoms with van der Waals surface area (Å²) in [7, 11) is -3.95. The Kier molecular flexibility index (Phi) is 5.03. The molecule has 0 saturated heterocycles. The molecule has 0 aliphatic carbocycles. The van der Waals surface area contributed by atoms with Crippen LogP contribution in [0.1, 0.15) is 12.8 Å². The first kappa shape index (κ1) is 15.1. The van der Waals surface area contributed by atoms with Crippen molar-refractivity contribution >= 4 is 24.6 Å². The van der Waals surface area contributed by atoms with Crippen molar-refractivity contribution in [1.29, 1.82) is 0 Å². The fourth-order valence-corrected chi connectivity index (χ4v) is 2.81. The van der Waals surface area contributed by atoms with E-state index in [1.807, 2.05) is 0 Å². The molecule has 1 aromatic carbocycles. The molecule has 0 amide bonds. The van der Waals surface area contributed by atoms with Crippen LogP contribution in [-0.4, -0.2) is 27.0 Å². The minimum Gasteiger partial charge on any atom is -0.481 e. The fraction of sp³-hybridized carbons (Fsp3) is 0.167. The average Bonchev–Trinajstić information content (AvgIpc) is 2.35. The van der Waals surface area contributed by atoms with E-state index in [2.05, 4.69) is 0 Å². The molecule has 0 aliphatic rings. The standard InChI is InChI=1S/C12H13O6P/c13-11(14)7-6-9(12(15)16)8-19(17,18)10-4-2-1-3-5-10/h1-5,8H,6-7H2,(H,13,14)(H,15,16)(H,17,18). The number of hydrogen-bond acceptors (Lipinski definition) is 3. The van der Waals surface area contributed by atoms with Gasteiger partial charge in [0.2, 0.25) is 0 Å². The van der Waals surface area contributed by atoms with Crippen molar-refractivity contribution in [3.63, 3.8) is 0 Å². The molecule has 0 heterocycles. The Morgan fingerprint density at radius 3 is 2.16 bits per heavy atom. The van der Waals surface area contributed by atoms with Gasteiger partial charge in [-0.1, -0.05) is 18.2 Å². The molecule has 0 bridgehead atoms. The summed E-state index contributed by atoms with van der Waals surface area (Å²) in [6.07, 6.45) is -0.713. The van der Waals surface area contributed by atoms with Gasteiger partial charge in [0.25, 0.3) is 7.37 Å². The van der Waals surface area contributed by atoms with Gasteiger partial charge in [-0.25, -0.2) is 4.79 Å². The topological polar surface area (TPSA) is 112 Å². The minimum atomic E-state index is -3.95. The molecule has 0 saturated carbocycles. The monoisotopic (exact) mass is 284 g/mol. The van der Waals surface area contributed by atoms with E-state index in [4.69, 9.17) is 10.2 Å². The summed E-state index contributed by atoms with van der Waals surface area (Å²) in [5.41, 5.74) is -0.378. The van der Waals surface area contributed by atoms with Gasteiger partial charge in [-0.05, 0) is 18.6 Å². The van der Waals surface area contributed by atoms with Crippen LogP contribution in [0.25, 0.3) is 0 Å². The largest absolute Gasteiger partial charge is 0.481 e. The van der Waals surface area contributed by atoms with E-state index in [9.17, 15) is 19.0 Å². The third-order valence-corrected chi connectivity index (χ3v) is 4.04. The van der Waals surface area contributed by atoms with Crippen molar-refractivity contribution in [2.75, 3.05) is 0 Å². The molecule has 0 aliphatic heterocycles. The molecule has 0 radical (unpaired) electrons. The molecule has 1 atom stereocenters.